The minimum Gasteiger partial charge on any atom is -0.352 e. The molecule has 1 aliphatic rings. The Morgan fingerprint density at radius 1 is 0.889 bits per heavy atom. The molecule has 4 nitrogen and oxygen atoms in total. The smallest absolute Gasteiger partial charge is 0.255 e. The maximum atomic E-state index is 12.3. The summed E-state index contributed by atoms with van der Waals surface area (Å²) in [4.78, 5) is 24.5. The quantitative estimate of drug-likeness (QED) is 0.673. The van der Waals surface area contributed by atoms with Crippen molar-refractivity contribution in [1.29, 1.82) is 0 Å². The molecule has 0 atom stereocenters. The van der Waals surface area contributed by atoms with E-state index in [-0.39, 0.29) is 11.8 Å². The fraction of sp³-hybridized carbons (Fsp3) is 0.273. The third kappa shape index (κ3) is 5.69. The summed E-state index contributed by atoms with van der Waals surface area (Å²) < 4.78 is 0. The number of carbonyl (C=O) groups is 2. The SMILES string of the molecule is O=C(NCCC1=CCCCC1)c1ccc(C(=O)Nc2ccc(Cl)cc2)cc1. The van der Waals surface area contributed by atoms with Gasteiger partial charge in [-0.15, -0.1) is 0 Å². The Morgan fingerprint density at radius 3 is 2.19 bits per heavy atom. The van der Waals surface area contributed by atoms with Gasteiger partial charge in [-0.1, -0.05) is 23.3 Å². The molecule has 5 heteroatoms. The largest absolute Gasteiger partial charge is 0.352 e. The average molecular weight is 383 g/mol. The standard InChI is InChI=1S/C22H23ClN2O2/c23-19-10-12-20(13-11-19)25-22(27)18-8-6-17(7-9-18)21(26)24-15-14-16-4-2-1-3-5-16/h4,6-13H,1-3,5,14-15H2,(H,24,26)(H,25,27). The van der Waals surface area contributed by atoms with Gasteiger partial charge in [-0.25, -0.2) is 0 Å². The summed E-state index contributed by atoms with van der Waals surface area (Å²) in [6.45, 7) is 0.642. The number of anilines is 1. The van der Waals surface area contributed by atoms with E-state index in [1.807, 2.05) is 0 Å². The molecule has 2 aromatic rings. The van der Waals surface area contributed by atoms with Crippen molar-refractivity contribution < 1.29 is 9.59 Å². The number of benzene rings is 2. The van der Waals surface area contributed by atoms with E-state index in [0.29, 0.717) is 28.4 Å². The van der Waals surface area contributed by atoms with Gasteiger partial charge < -0.3 is 10.6 Å². The lowest BCUT2D eigenvalue weighted by atomic mass is 9.97. The van der Waals surface area contributed by atoms with E-state index in [2.05, 4.69) is 16.7 Å². The number of allylic oxidation sites excluding steroid dienone is 1. The fourth-order valence-electron chi connectivity index (χ4n) is 3.08. The van der Waals surface area contributed by atoms with E-state index < -0.39 is 0 Å². The second kappa shape index (κ2) is 9.38. The van der Waals surface area contributed by atoms with E-state index in [9.17, 15) is 9.59 Å². The van der Waals surface area contributed by atoms with Crippen LogP contribution in [0, 0.1) is 0 Å². The second-order valence-electron chi connectivity index (χ2n) is 6.65. The minimum absolute atomic E-state index is 0.115. The Balaban J connectivity index is 1.51. The number of rotatable bonds is 6. The highest BCUT2D eigenvalue weighted by Crippen LogP contribution is 2.19. The number of amides is 2. The molecule has 0 heterocycles. The van der Waals surface area contributed by atoms with Crippen molar-refractivity contribution in [2.24, 2.45) is 0 Å². The minimum atomic E-state index is -0.228. The molecule has 0 unspecified atom stereocenters. The summed E-state index contributed by atoms with van der Waals surface area (Å²) in [6.07, 6.45) is 8.03. The normalized spacial score (nSPS) is 13.6. The van der Waals surface area contributed by atoms with E-state index >= 15 is 0 Å². The van der Waals surface area contributed by atoms with E-state index in [4.69, 9.17) is 11.6 Å². The van der Waals surface area contributed by atoms with Gasteiger partial charge in [-0.2, -0.15) is 0 Å². The summed E-state index contributed by atoms with van der Waals surface area (Å²) in [6, 6.07) is 13.6. The third-order valence-electron chi connectivity index (χ3n) is 4.63. The van der Waals surface area contributed by atoms with Crippen molar-refractivity contribution in [3.05, 3.63) is 76.3 Å². The lowest BCUT2D eigenvalue weighted by molar-refractivity contribution is 0.0952. The van der Waals surface area contributed by atoms with Crippen molar-refractivity contribution in [2.75, 3.05) is 11.9 Å². The number of halogens is 1. The van der Waals surface area contributed by atoms with Gasteiger partial charge in [0, 0.05) is 28.4 Å². The van der Waals surface area contributed by atoms with Crippen LogP contribution in [0.1, 0.15) is 52.8 Å². The molecule has 1 aliphatic carbocycles. The molecule has 0 bridgehead atoms. The molecule has 0 aliphatic heterocycles. The lowest BCUT2D eigenvalue weighted by Crippen LogP contribution is -2.25. The molecule has 0 saturated carbocycles. The monoisotopic (exact) mass is 382 g/mol. The zero-order chi connectivity index (χ0) is 19.1. The number of hydrogen-bond donors (Lipinski definition) is 2. The summed E-state index contributed by atoms with van der Waals surface area (Å²) in [5.74, 6) is -0.343. The van der Waals surface area contributed by atoms with Gasteiger partial charge in [0.05, 0.1) is 0 Å². The maximum Gasteiger partial charge on any atom is 0.255 e. The molecule has 0 fully saturated rings. The predicted octanol–water partition coefficient (Wildman–Crippen LogP) is 5.21. The van der Waals surface area contributed by atoms with Gasteiger partial charge in [-0.05, 0) is 80.6 Å². The van der Waals surface area contributed by atoms with Crippen LogP contribution in [0.4, 0.5) is 5.69 Å². The summed E-state index contributed by atoms with van der Waals surface area (Å²) in [5, 5.41) is 6.36. The van der Waals surface area contributed by atoms with Crippen LogP contribution < -0.4 is 10.6 Å². The van der Waals surface area contributed by atoms with Gasteiger partial charge >= 0.3 is 0 Å². The molecule has 140 valence electrons. The molecule has 2 aromatic carbocycles. The summed E-state index contributed by atoms with van der Waals surface area (Å²) in [5.41, 5.74) is 3.16. The highest BCUT2D eigenvalue weighted by molar-refractivity contribution is 6.30. The molecule has 0 aromatic heterocycles. The van der Waals surface area contributed by atoms with E-state index in [0.717, 1.165) is 19.3 Å². The summed E-state index contributed by atoms with van der Waals surface area (Å²) in [7, 11) is 0. The fourth-order valence-corrected chi connectivity index (χ4v) is 3.21. The van der Waals surface area contributed by atoms with Crippen LogP contribution in [-0.2, 0) is 0 Å². The van der Waals surface area contributed by atoms with Crippen LogP contribution in [0.5, 0.6) is 0 Å². The third-order valence-corrected chi connectivity index (χ3v) is 4.88. The van der Waals surface area contributed by atoms with E-state index in [1.54, 1.807) is 48.5 Å². The molecule has 3 rings (SSSR count). The molecule has 27 heavy (non-hydrogen) atoms. The van der Waals surface area contributed by atoms with Crippen LogP contribution in [0.25, 0.3) is 0 Å². The van der Waals surface area contributed by atoms with Gasteiger partial charge in [0.15, 0.2) is 0 Å². The van der Waals surface area contributed by atoms with Crippen LogP contribution >= 0.6 is 11.6 Å². The lowest BCUT2D eigenvalue weighted by Gasteiger charge is -2.13. The van der Waals surface area contributed by atoms with Crippen molar-refractivity contribution >= 4 is 29.1 Å². The van der Waals surface area contributed by atoms with Crippen molar-refractivity contribution in [2.45, 2.75) is 32.1 Å². The zero-order valence-corrected chi connectivity index (χ0v) is 15.9. The Bertz CT molecular complexity index is 826. The Hall–Kier alpha value is -2.59. The predicted molar refractivity (Wildman–Crippen MR) is 109 cm³/mol. The van der Waals surface area contributed by atoms with Crippen LogP contribution in [0.3, 0.4) is 0 Å². The highest BCUT2D eigenvalue weighted by atomic mass is 35.5. The maximum absolute atomic E-state index is 12.3. The topological polar surface area (TPSA) is 58.2 Å². The Morgan fingerprint density at radius 2 is 1.56 bits per heavy atom. The van der Waals surface area contributed by atoms with Crippen LogP contribution in [-0.4, -0.2) is 18.4 Å². The Labute approximate surface area is 164 Å². The van der Waals surface area contributed by atoms with Crippen LogP contribution in [0.2, 0.25) is 5.02 Å². The number of carbonyl (C=O) groups excluding carboxylic acids is 2. The molecule has 2 amide bonds. The molecule has 2 N–H and O–H groups in total. The molecule has 0 saturated heterocycles. The van der Waals surface area contributed by atoms with Gasteiger partial charge in [-0.3, -0.25) is 9.59 Å². The zero-order valence-electron chi connectivity index (χ0n) is 15.1. The van der Waals surface area contributed by atoms with E-state index in [1.165, 1.54) is 18.4 Å². The Kier molecular flexibility index (Phi) is 6.66. The first-order chi connectivity index (χ1) is 13.1. The molecule has 0 radical (unpaired) electrons. The second-order valence-corrected chi connectivity index (χ2v) is 7.09. The van der Waals surface area contributed by atoms with Crippen molar-refractivity contribution in [3.63, 3.8) is 0 Å². The van der Waals surface area contributed by atoms with Gasteiger partial charge in [0.2, 0.25) is 0 Å². The van der Waals surface area contributed by atoms with Crippen LogP contribution in [0.15, 0.2) is 60.2 Å². The highest BCUT2D eigenvalue weighted by Gasteiger charge is 2.10. The first-order valence-corrected chi connectivity index (χ1v) is 9.63. The first-order valence-electron chi connectivity index (χ1n) is 9.25. The van der Waals surface area contributed by atoms with Crippen molar-refractivity contribution in [1.82, 2.24) is 5.32 Å². The average Bonchev–Trinajstić information content (AvgIpc) is 2.70. The molecular weight excluding hydrogens is 360 g/mol. The molecule has 0 spiro atoms. The van der Waals surface area contributed by atoms with Crippen molar-refractivity contribution in [3.8, 4) is 0 Å². The van der Waals surface area contributed by atoms with Gasteiger partial charge in [0.1, 0.15) is 0 Å². The molecular formula is C22H23ClN2O2. The first kappa shape index (κ1) is 19.2. The summed E-state index contributed by atoms with van der Waals surface area (Å²) >= 11 is 5.84. The number of nitrogens with one attached hydrogen (secondary N) is 2. The van der Waals surface area contributed by atoms with Gasteiger partial charge in [0.25, 0.3) is 11.8 Å². The number of hydrogen-bond acceptors (Lipinski definition) is 2.